The first-order valence-corrected chi connectivity index (χ1v) is 17.5. The van der Waals surface area contributed by atoms with Crippen molar-refractivity contribution in [3.8, 4) is 0 Å². The lowest BCUT2D eigenvalue weighted by Crippen LogP contribution is -2.84. The van der Waals surface area contributed by atoms with Gasteiger partial charge in [0.2, 0.25) is 0 Å². The summed E-state index contributed by atoms with van der Waals surface area (Å²) in [6.45, 7) is 13.1. The molecule has 0 saturated carbocycles. The van der Waals surface area contributed by atoms with Crippen LogP contribution in [0.5, 0.6) is 0 Å². The fraction of sp³-hybridized carbons (Fsp3) is 1.00. The van der Waals surface area contributed by atoms with E-state index in [0.717, 1.165) is 30.2 Å². The number of aliphatic hydroxyl groups is 1. The van der Waals surface area contributed by atoms with Gasteiger partial charge in [-0.3, -0.25) is 0 Å². The van der Waals surface area contributed by atoms with E-state index in [9.17, 15) is 9.90 Å². The van der Waals surface area contributed by atoms with Crippen LogP contribution in [0.25, 0.3) is 0 Å². The highest BCUT2D eigenvalue weighted by Gasteiger charge is 2.70. The van der Waals surface area contributed by atoms with E-state index in [1.807, 2.05) is 6.92 Å². The first kappa shape index (κ1) is 18.6. The van der Waals surface area contributed by atoms with Crippen LogP contribution < -0.4 is 0 Å². The predicted octanol–water partition coefficient (Wildman–Crippen LogP) is 3.70. The highest BCUT2D eigenvalue weighted by Crippen LogP contribution is 2.50. The van der Waals surface area contributed by atoms with E-state index in [4.69, 9.17) is 4.43 Å². The van der Waals surface area contributed by atoms with Crippen molar-refractivity contribution in [2.75, 3.05) is 0 Å². The molecule has 120 valence electrons. The van der Waals surface area contributed by atoms with Crippen LogP contribution in [0, 0.1) is 0 Å². The molecule has 1 heterocycles. The summed E-state index contributed by atoms with van der Waals surface area (Å²) in [5.41, 5.74) is 0. The first-order chi connectivity index (χ1) is 9.28. The molecule has 0 aromatic heterocycles. The van der Waals surface area contributed by atoms with Gasteiger partial charge >= 0.3 is 0 Å². The Bertz CT molecular complexity index is 332. The Kier molecular flexibility index (Phi) is 5.89. The highest BCUT2D eigenvalue weighted by atomic mass is 29.7. The SMILES string of the molecule is CCC1(O)C[Si](O)(CC)[Si](CC)(CC)[Si](CC)(CC)O1. The van der Waals surface area contributed by atoms with E-state index < -0.39 is 28.6 Å². The van der Waals surface area contributed by atoms with Crippen LogP contribution in [0.3, 0.4) is 0 Å². The normalized spacial score (nSPS) is 36.0. The monoisotopic (exact) mass is 334 g/mol. The quantitative estimate of drug-likeness (QED) is 0.728. The van der Waals surface area contributed by atoms with Crippen LogP contribution in [-0.4, -0.2) is 38.5 Å². The summed E-state index contributed by atoms with van der Waals surface area (Å²) >= 11 is 0. The molecule has 0 amide bonds. The van der Waals surface area contributed by atoms with E-state index in [0.29, 0.717) is 12.5 Å². The number of hydrogen-bond acceptors (Lipinski definition) is 3. The average molecular weight is 335 g/mol. The second-order valence-electron chi connectivity index (χ2n) is 6.45. The fourth-order valence-electron chi connectivity index (χ4n) is 4.83. The van der Waals surface area contributed by atoms with Crippen LogP contribution in [0.4, 0.5) is 0 Å². The molecule has 1 aliphatic rings. The minimum Gasteiger partial charge on any atom is -0.434 e. The third-order valence-corrected chi connectivity index (χ3v) is 44.6. The van der Waals surface area contributed by atoms with Gasteiger partial charge in [0.25, 0.3) is 0 Å². The third kappa shape index (κ3) is 2.42. The average Bonchev–Trinajstić information content (AvgIpc) is 2.47. The molecular formula is C14H34O3Si3. The molecule has 1 aliphatic heterocycles. The van der Waals surface area contributed by atoms with E-state index in [1.165, 1.54) is 0 Å². The Balaban J connectivity index is 3.50. The minimum absolute atomic E-state index is 0.551. The smallest absolute Gasteiger partial charge is 0.183 e. The summed E-state index contributed by atoms with van der Waals surface area (Å²) in [6.07, 6.45) is 0.606. The van der Waals surface area contributed by atoms with Crippen molar-refractivity contribution in [2.45, 2.75) is 90.0 Å². The predicted molar refractivity (Wildman–Crippen MR) is 93.0 cm³/mol. The highest BCUT2D eigenvalue weighted by molar-refractivity contribution is 7.67. The van der Waals surface area contributed by atoms with Crippen LogP contribution in [-0.2, 0) is 4.43 Å². The Morgan fingerprint density at radius 1 is 0.900 bits per heavy atom. The van der Waals surface area contributed by atoms with Crippen molar-refractivity contribution >= 4 is 22.8 Å². The lowest BCUT2D eigenvalue weighted by molar-refractivity contribution is -0.133. The molecule has 20 heavy (non-hydrogen) atoms. The molecule has 0 radical (unpaired) electrons. The molecule has 6 heteroatoms. The second-order valence-corrected chi connectivity index (χ2v) is 29.5. The topological polar surface area (TPSA) is 49.7 Å². The summed E-state index contributed by atoms with van der Waals surface area (Å²) in [6, 6.07) is 5.81. The first-order valence-electron chi connectivity index (χ1n) is 8.43. The summed E-state index contributed by atoms with van der Waals surface area (Å²) in [5, 5.41) is 10.9. The lowest BCUT2D eigenvalue weighted by Gasteiger charge is -2.61. The van der Waals surface area contributed by atoms with E-state index in [-0.39, 0.29) is 0 Å². The molecule has 0 aromatic carbocycles. The van der Waals surface area contributed by atoms with Crippen LogP contribution in [0.1, 0.15) is 48.0 Å². The summed E-state index contributed by atoms with van der Waals surface area (Å²) in [7, 11) is -6.24. The molecule has 0 aromatic rings. The van der Waals surface area contributed by atoms with Crippen molar-refractivity contribution in [2.24, 2.45) is 0 Å². The Morgan fingerprint density at radius 3 is 1.70 bits per heavy atom. The molecule has 2 N–H and O–H groups in total. The number of rotatable bonds is 6. The van der Waals surface area contributed by atoms with Crippen molar-refractivity contribution < 1.29 is 14.3 Å². The molecule has 1 fully saturated rings. The number of hydrogen-bond donors (Lipinski definition) is 2. The van der Waals surface area contributed by atoms with Crippen molar-refractivity contribution in [3.05, 3.63) is 0 Å². The zero-order valence-corrected chi connectivity index (χ0v) is 17.3. The van der Waals surface area contributed by atoms with Gasteiger partial charge in [-0.1, -0.05) is 53.6 Å². The summed E-state index contributed by atoms with van der Waals surface area (Å²) < 4.78 is 6.53. The molecule has 1 saturated heterocycles. The van der Waals surface area contributed by atoms with Gasteiger partial charge in [-0.2, -0.15) is 0 Å². The van der Waals surface area contributed by atoms with Gasteiger partial charge in [0.1, 0.15) is 7.11 Å². The maximum atomic E-state index is 11.7. The van der Waals surface area contributed by atoms with E-state index in [2.05, 4.69) is 34.6 Å². The van der Waals surface area contributed by atoms with Crippen LogP contribution >= 0.6 is 0 Å². The molecule has 0 bridgehead atoms. The molecule has 0 spiro atoms. The zero-order valence-electron chi connectivity index (χ0n) is 14.3. The molecule has 1 rings (SSSR count). The summed E-state index contributed by atoms with van der Waals surface area (Å²) in [5.74, 6) is -1.05. The van der Waals surface area contributed by atoms with Crippen molar-refractivity contribution in [1.82, 2.24) is 0 Å². The van der Waals surface area contributed by atoms with Gasteiger partial charge in [0.15, 0.2) is 21.5 Å². The molecule has 3 nitrogen and oxygen atoms in total. The Hall–Kier alpha value is 0.531. The zero-order chi connectivity index (χ0) is 15.7. The third-order valence-electron chi connectivity index (χ3n) is 6.20. The van der Waals surface area contributed by atoms with Gasteiger partial charge in [0, 0.05) is 6.04 Å². The molecule has 2 atom stereocenters. The molecule has 2 unspecified atom stereocenters. The maximum Gasteiger partial charge on any atom is 0.183 e. The van der Waals surface area contributed by atoms with E-state index in [1.54, 1.807) is 0 Å². The van der Waals surface area contributed by atoms with Gasteiger partial charge in [-0.25, -0.2) is 0 Å². The standard InChI is InChI=1S/C14H34O3Si3/c1-7-14(15)13-18(16,8-2)20(11-5,12-6)19(9-3,10-4)17-14/h15-16H,7-13H2,1-6H3. The largest absolute Gasteiger partial charge is 0.434 e. The van der Waals surface area contributed by atoms with Crippen molar-refractivity contribution in [1.29, 1.82) is 0 Å². The van der Waals surface area contributed by atoms with Gasteiger partial charge < -0.3 is 14.3 Å². The van der Waals surface area contributed by atoms with Gasteiger partial charge in [0.05, 0.1) is 0 Å². The fourth-order valence-corrected chi connectivity index (χ4v) is 47.8. The Labute approximate surface area is 127 Å². The lowest BCUT2D eigenvalue weighted by atomic mass is 10.2. The van der Waals surface area contributed by atoms with Gasteiger partial charge in [-0.05, 0) is 24.6 Å². The molecular weight excluding hydrogens is 300 g/mol. The Morgan fingerprint density at radius 2 is 1.40 bits per heavy atom. The minimum atomic E-state index is -2.40. The van der Waals surface area contributed by atoms with Crippen molar-refractivity contribution in [3.63, 3.8) is 0 Å². The summed E-state index contributed by atoms with van der Waals surface area (Å²) in [4.78, 5) is 11.7. The second kappa shape index (κ2) is 6.34. The van der Waals surface area contributed by atoms with Gasteiger partial charge in [-0.15, -0.1) is 0 Å². The van der Waals surface area contributed by atoms with Crippen LogP contribution in [0.15, 0.2) is 0 Å². The maximum absolute atomic E-state index is 11.7. The van der Waals surface area contributed by atoms with Crippen LogP contribution in [0.2, 0.25) is 36.3 Å². The van der Waals surface area contributed by atoms with E-state index >= 15 is 0 Å². The molecule has 0 aliphatic carbocycles.